The van der Waals surface area contributed by atoms with Crippen molar-refractivity contribution in [2.75, 3.05) is 37.3 Å². The van der Waals surface area contributed by atoms with Crippen molar-refractivity contribution < 1.29 is 13.2 Å². The number of aliphatic imine (C=N–C) groups is 1. The van der Waals surface area contributed by atoms with Gasteiger partial charge in [0.15, 0.2) is 5.96 Å². The average Bonchev–Trinajstić information content (AvgIpc) is 3.05. The van der Waals surface area contributed by atoms with Crippen molar-refractivity contribution in [1.29, 1.82) is 0 Å². The monoisotopic (exact) mass is 523 g/mol. The lowest BCUT2D eigenvalue weighted by Crippen LogP contribution is -2.38. The van der Waals surface area contributed by atoms with Crippen molar-refractivity contribution in [1.82, 2.24) is 15.4 Å². The van der Waals surface area contributed by atoms with E-state index in [-0.39, 0.29) is 29.9 Å². The highest BCUT2D eigenvalue weighted by Crippen LogP contribution is 2.21. The molecule has 1 aromatic carbocycles. The van der Waals surface area contributed by atoms with E-state index in [1.807, 2.05) is 36.1 Å². The van der Waals surface area contributed by atoms with Gasteiger partial charge in [-0.15, -0.1) is 24.0 Å². The summed E-state index contributed by atoms with van der Waals surface area (Å²) in [5, 5.41) is 6.36. The molecule has 1 aliphatic heterocycles. The van der Waals surface area contributed by atoms with Crippen molar-refractivity contribution in [2.45, 2.75) is 32.7 Å². The molecule has 0 aromatic heterocycles. The fourth-order valence-electron chi connectivity index (χ4n) is 2.77. The maximum atomic E-state index is 11.8. The molecule has 8 nitrogen and oxygen atoms in total. The van der Waals surface area contributed by atoms with Crippen LogP contribution in [0.25, 0.3) is 0 Å². The number of sulfonamides is 1. The van der Waals surface area contributed by atoms with E-state index in [0.29, 0.717) is 38.4 Å². The van der Waals surface area contributed by atoms with Gasteiger partial charge < -0.3 is 15.5 Å². The van der Waals surface area contributed by atoms with E-state index in [1.54, 1.807) is 0 Å². The van der Waals surface area contributed by atoms with Crippen LogP contribution in [0.2, 0.25) is 0 Å². The van der Waals surface area contributed by atoms with E-state index in [9.17, 15) is 13.2 Å². The first-order valence-electron chi connectivity index (χ1n) is 9.25. The van der Waals surface area contributed by atoms with Crippen molar-refractivity contribution in [3.63, 3.8) is 0 Å². The van der Waals surface area contributed by atoms with E-state index < -0.39 is 10.0 Å². The molecular formula is C18H30IN5O3S. The van der Waals surface area contributed by atoms with Crippen LogP contribution < -0.4 is 20.3 Å². The molecular weight excluding hydrogens is 493 g/mol. The summed E-state index contributed by atoms with van der Waals surface area (Å²) in [4.78, 5) is 18.2. The summed E-state index contributed by atoms with van der Waals surface area (Å²) in [6.07, 6.45) is 3.36. The molecule has 1 aliphatic rings. The highest BCUT2D eigenvalue weighted by Gasteiger charge is 2.21. The van der Waals surface area contributed by atoms with Gasteiger partial charge in [0.05, 0.1) is 12.8 Å². The van der Waals surface area contributed by atoms with Crippen LogP contribution in [-0.4, -0.2) is 52.7 Å². The SMILES string of the molecule is CCNC(=NCc1ccc(N2CCCC2=O)cc1)NCCCNS(C)(=O)=O.I. The predicted octanol–water partition coefficient (Wildman–Crippen LogP) is 1.43. The standard InChI is InChI=1S/C18H29N5O3S.HI/c1-3-19-18(20-11-5-12-22-27(2,25)26)21-14-15-7-9-16(10-8-15)23-13-4-6-17(23)24;/h7-10,22H,3-6,11-14H2,1-2H3,(H2,19,20,21);1H. The second-order valence-electron chi connectivity index (χ2n) is 6.46. The van der Waals surface area contributed by atoms with Gasteiger partial charge in [0.25, 0.3) is 0 Å². The zero-order chi connectivity index (χ0) is 19.7. The Hall–Kier alpha value is -1.40. The summed E-state index contributed by atoms with van der Waals surface area (Å²) in [5.41, 5.74) is 2.00. The zero-order valence-corrected chi connectivity index (χ0v) is 19.5. The predicted molar refractivity (Wildman–Crippen MR) is 124 cm³/mol. The van der Waals surface area contributed by atoms with Crippen LogP contribution in [0.1, 0.15) is 31.7 Å². The van der Waals surface area contributed by atoms with Crippen LogP contribution in [0.3, 0.4) is 0 Å². The Balaban J connectivity index is 0.00000392. The fourth-order valence-corrected chi connectivity index (χ4v) is 3.28. The lowest BCUT2D eigenvalue weighted by Gasteiger charge is -2.16. The number of carbonyl (C=O) groups excluding carboxylic acids is 1. The summed E-state index contributed by atoms with van der Waals surface area (Å²) in [6, 6.07) is 7.91. The van der Waals surface area contributed by atoms with Gasteiger partial charge in [-0.05, 0) is 37.5 Å². The second kappa shape index (κ2) is 12.2. The number of hydrogen-bond acceptors (Lipinski definition) is 4. The van der Waals surface area contributed by atoms with Crippen LogP contribution in [0.5, 0.6) is 0 Å². The molecule has 0 atom stereocenters. The summed E-state index contributed by atoms with van der Waals surface area (Å²) in [5.74, 6) is 0.875. The Morgan fingerprint density at radius 2 is 1.89 bits per heavy atom. The minimum atomic E-state index is -3.14. The van der Waals surface area contributed by atoms with Crippen molar-refractivity contribution in [3.05, 3.63) is 29.8 Å². The van der Waals surface area contributed by atoms with Gasteiger partial charge in [-0.25, -0.2) is 18.1 Å². The summed E-state index contributed by atoms with van der Waals surface area (Å²) in [6.45, 7) is 5.05. The van der Waals surface area contributed by atoms with Gasteiger partial charge in [-0.2, -0.15) is 0 Å². The van der Waals surface area contributed by atoms with Gasteiger partial charge in [0.1, 0.15) is 0 Å². The molecule has 0 spiro atoms. The molecule has 0 saturated carbocycles. The normalized spacial score (nSPS) is 14.7. The van der Waals surface area contributed by atoms with Gasteiger partial charge >= 0.3 is 0 Å². The third kappa shape index (κ3) is 8.74. The zero-order valence-electron chi connectivity index (χ0n) is 16.4. The second-order valence-corrected chi connectivity index (χ2v) is 8.29. The summed E-state index contributed by atoms with van der Waals surface area (Å²) >= 11 is 0. The molecule has 1 saturated heterocycles. The van der Waals surface area contributed by atoms with Crippen LogP contribution >= 0.6 is 24.0 Å². The number of halogens is 1. The Kier molecular flexibility index (Phi) is 10.8. The lowest BCUT2D eigenvalue weighted by molar-refractivity contribution is -0.117. The first-order chi connectivity index (χ1) is 12.9. The largest absolute Gasteiger partial charge is 0.357 e. The lowest BCUT2D eigenvalue weighted by atomic mass is 10.2. The quantitative estimate of drug-likeness (QED) is 0.197. The average molecular weight is 523 g/mol. The highest BCUT2D eigenvalue weighted by atomic mass is 127. The van der Waals surface area contributed by atoms with Crippen molar-refractivity contribution in [3.8, 4) is 0 Å². The third-order valence-electron chi connectivity index (χ3n) is 4.10. The maximum absolute atomic E-state index is 11.8. The van der Waals surface area contributed by atoms with E-state index in [1.165, 1.54) is 0 Å². The molecule has 1 amide bonds. The number of nitrogens with zero attached hydrogens (tertiary/aromatic N) is 2. The number of hydrogen-bond donors (Lipinski definition) is 3. The fraction of sp³-hybridized carbons (Fsp3) is 0.556. The van der Waals surface area contributed by atoms with Crippen LogP contribution in [0, 0.1) is 0 Å². The molecule has 158 valence electrons. The van der Waals surface area contributed by atoms with Gasteiger partial charge in [-0.3, -0.25) is 4.79 Å². The molecule has 0 radical (unpaired) electrons. The molecule has 0 unspecified atom stereocenters. The summed E-state index contributed by atoms with van der Waals surface area (Å²) in [7, 11) is -3.14. The highest BCUT2D eigenvalue weighted by molar-refractivity contribution is 14.0. The molecule has 0 aliphatic carbocycles. The van der Waals surface area contributed by atoms with E-state index in [2.05, 4.69) is 20.3 Å². The van der Waals surface area contributed by atoms with Crippen LogP contribution in [0.4, 0.5) is 5.69 Å². The Morgan fingerprint density at radius 1 is 1.18 bits per heavy atom. The molecule has 10 heteroatoms. The molecule has 1 aromatic rings. The topological polar surface area (TPSA) is 103 Å². The number of benzene rings is 1. The minimum Gasteiger partial charge on any atom is -0.357 e. The minimum absolute atomic E-state index is 0. The van der Waals surface area contributed by atoms with Gasteiger partial charge in [-0.1, -0.05) is 12.1 Å². The van der Waals surface area contributed by atoms with Gasteiger partial charge in [0.2, 0.25) is 15.9 Å². The molecule has 0 bridgehead atoms. The molecule has 1 heterocycles. The first-order valence-corrected chi connectivity index (χ1v) is 11.1. The number of amides is 1. The smallest absolute Gasteiger partial charge is 0.227 e. The molecule has 2 rings (SSSR count). The summed E-state index contributed by atoms with van der Waals surface area (Å²) < 4.78 is 24.5. The first kappa shape index (κ1) is 24.6. The Labute approximate surface area is 184 Å². The molecule has 3 N–H and O–H groups in total. The van der Waals surface area contributed by atoms with E-state index >= 15 is 0 Å². The van der Waals surface area contributed by atoms with Crippen molar-refractivity contribution in [2.24, 2.45) is 4.99 Å². The number of carbonyl (C=O) groups is 1. The van der Waals surface area contributed by atoms with Crippen LogP contribution in [-0.2, 0) is 21.4 Å². The third-order valence-corrected chi connectivity index (χ3v) is 4.82. The number of guanidine groups is 1. The molecule has 1 fully saturated rings. The van der Waals surface area contributed by atoms with Crippen LogP contribution in [0.15, 0.2) is 29.3 Å². The van der Waals surface area contributed by atoms with E-state index in [0.717, 1.165) is 37.0 Å². The van der Waals surface area contributed by atoms with Gasteiger partial charge in [0, 0.05) is 38.3 Å². The Morgan fingerprint density at radius 3 is 2.46 bits per heavy atom. The number of nitrogens with one attached hydrogen (secondary N) is 3. The number of rotatable bonds is 9. The number of anilines is 1. The van der Waals surface area contributed by atoms with E-state index in [4.69, 9.17) is 0 Å². The molecule has 28 heavy (non-hydrogen) atoms. The maximum Gasteiger partial charge on any atom is 0.227 e. The van der Waals surface area contributed by atoms with Crippen molar-refractivity contribution >= 4 is 51.6 Å². The Bertz CT molecular complexity index is 753.